The molecule has 2 rings (SSSR count). The van der Waals surface area contributed by atoms with Gasteiger partial charge in [-0.3, -0.25) is 4.99 Å². The first-order valence-corrected chi connectivity index (χ1v) is 9.11. The second kappa shape index (κ2) is 9.44. The lowest BCUT2D eigenvalue weighted by atomic mass is 9.78. The van der Waals surface area contributed by atoms with Crippen molar-refractivity contribution in [3.05, 3.63) is 0 Å². The molecule has 0 aliphatic carbocycles. The van der Waals surface area contributed by atoms with Gasteiger partial charge < -0.3 is 15.0 Å². The minimum absolute atomic E-state index is 0. The van der Waals surface area contributed by atoms with Gasteiger partial charge in [-0.25, -0.2) is 0 Å². The molecule has 2 unspecified atom stereocenters. The van der Waals surface area contributed by atoms with E-state index < -0.39 is 0 Å². The molecular formula is C18H36IN3O. The molecule has 2 atom stereocenters. The van der Waals surface area contributed by atoms with Crippen LogP contribution in [0.5, 0.6) is 0 Å². The van der Waals surface area contributed by atoms with Crippen molar-refractivity contribution in [2.75, 3.05) is 39.4 Å². The molecule has 2 heterocycles. The van der Waals surface area contributed by atoms with E-state index in [1.54, 1.807) is 0 Å². The molecule has 0 bridgehead atoms. The summed E-state index contributed by atoms with van der Waals surface area (Å²) in [5.74, 6) is 1.11. The second-order valence-electron chi connectivity index (χ2n) is 7.87. The highest BCUT2D eigenvalue weighted by atomic mass is 127. The monoisotopic (exact) mass is 437 g/mol. The standard InChI is InChI=1S/C18H35N3O.HI/c1-5-8-17(3)9-7-11-21(14-17)16(19-6-2)20-13-18(4)10-12-22-15-18;/h5-15H2,1-4H3,(H,19,20);1H. The van der Waals surface area contributed by atoms with Crippen LogP contribution in [0.15, 0.2) is 4.99 Å². The maximum absolute atomic E-state index is 5.56. The Hall–Kier alpha value is -0.0400. The molecule has 136 valence electrons. The molecule has 0 aromatic carbocycles. The fourth-order valence-electron chi connectivity index (χ4n) is 3.83. The van der Waals surface area contributed by atoms with E-state index in [0.29, 0.717) is 5.41 Å². The molecule has 2 aliphatic rings. The average molecular weight is 437 g/mol. The van der Waals surface area contributed by atoms with Gasteiger partial charge >= 0.3 is 0 Å². The predicted octanol–water partition coefficient (Wildman–Crippen LogP) is 3.90. The Kier molecular flexibility index (Phi) is 8.63. The van der Waals surface area contributed by atoms with Crippen molar-refractivity contribution >= 4 is 29.9 Å². The van der Waals surface area contributed by atoms with E-state index in [2.05, 4.69) is 37.9 Å². The van der Waals surface area contributed by atoms with Crippen LogP contribution >= 0.6 is 24.0 Å². The third-order valence-corrected chi connectivity index (χ3v) is 5.18. The Morgan fingerprint density at radius 1 is 1.22 bits per heavy atom. The number of rotatable bonds is 5. The van der Waals surface area contributed by atoms with Gasteiger partial charge in [-0.05, 0) is 38.0 Å². The lowest BCUT2D eigenvalue weighted by Crippen LogP contribution is -2.50. The molecule has 0 radical (unpaired) electrons. The van der Waals surface area contributed by atoms with Gasteiger partial charge in [0.1, 0.15) is 0 Å². The maximum Gasteiger partial charge on any atom is 0.193 e. The van der Waals surface area contributed by atoms with Crippen LogP contribution in [0.25, 0.3) is 0 Å². The van der Waals surface area contributed by atoms with Gasteiger partial charge in [0.25, 0.3) is 0 Å². The summed E-state index contributed by atoms with van der Waals surface area (Å²) in [5.41, 5.74) is 0.673. The van der Waals surface area contributed by atoms with Crippen molar-refractivity contribution in [1.82, 2.24) is 10.2 Å². The summed E-state index contributed by atoms with van der Waals surface area (Å²) >= 11 is 0. The molecule has 2 aliphatic heterocycles. The van der Waals surface area contributed by atoms with Crippen LogP contribution in [-0.2, 0) is 4.74 Å². The molecule has 2 fully saturated rings. The van der Waals surface area contributed by atoms with Crippen molar-refractivity contribution in [2.45, 2.75) is 59.8 Å². The molecule has 0 saturated carbocycles. The molecule has 0 aromatic rings. The van der Waals surface area contributed by atoms with E-state index in [1.165, 1.54) is 25.7 Å². The van der Waals surface area contributed by atoms with E-state index >= 15 is 0 Å². The molecule has 4 nitrogen and oxygen atoms in total. The van der Waals surface area contributed by atoms with Gasteiger partial charge in [0.2, 0.25) is 0 Å². The Balaban J connectivity index is 0.00000264. The summed E-state index contributed by atoms with van der Waals surface area (Å²) in [6, 6.07) is 0. The molecule has 0 aromatic heterocycles. The van der Waals surface area contributed by atoms with E-state index in [4.69, 9.17) is 9.73 Å². The quantitative estimate of drug-likeness (QED) is 0.403. The first-order valence-electron chi connectivity index (χ1n) is 9.11. The lowest BCUT2D eigenvalue weighted by Gasteiger charge is -2.42. The van der Waals surface area contributed by atoms with Crippen molar-refractivity contribution in [3.8, 4) is 0 Å². The highest BCUT2D eigenvalue weighted by Gasteiger charge is 2.33. The number of hydrogen-bond acceptors (Lipinski definition) is 2. The lowest BCUT2D eigenvalue weighted by molar-refractivity contribution is 0.141. The van der Waals surface area contributed by atoms with Gasteiger partial charge in [-0.2, -0.15) is 0 Å². The zero-order valence-corrected chi connectivity index (χ0v) is 17.8. The SMILES string of the molecule is CCCC1(C)CCCN(C(=NCC2(C)CCOC2)NCC)C1.I. The van der Waals surface area contributed by atoms with Gasteiger partial charge in [0.05, 0.1) is 13.2 Å². The highest BCUT2D eigenvalue weighted by molar-refractivity contribution is 14.0. The number of hydrogen-bond donors (Lipinski definition) is 1. The summed E-state index contributed by atoms with van der Waals surface area (Å²) in [7, 11) is 0. The van der Waals surface area contributed by atoms with Crippen LogP contribution in [0.3, 0.4) is 0 Å². The summed E-state index contributed by atoms with van der Waals surface area (Å²) in [4.78, 5) is 7.46. The predicted molar refractivity (Wildman–Crippen MR) is 109 cm³/mol. The van der Waals surface area contributed by atoms with E-state index in [1.807, 2.05) is 0 Å². The third-order valence-electron chi connectivity index (χ3n) is 5.18. The summed E-state index contributed by atoms with van der Waals surface area (Å²) in [6.07, 6.45) is 6.34. The summed E-state index contributed by atoms with van der Waals surface area (Å²) in [6.45, 7) is 15.0. The van der Waals surface area contributed by atoms with Crippen LogP contribution in [0, 0.1) is 10.8 Å². The largest absolute Gasteiger partial charge is 0.381 e. The third kappa shape index (κ3) is 6.07. The number of ether oxygens (including phenoxy) is 1. The maximum atomic E-state index is 5.56. The minimum Gasteiger partial charge on any atom is -0.381 e. The van der Waals surface area contributed by atoms with Crippen molar-refractivity contribution < 1.29 is 4.74 Å². The Labute approximate surface area is 159 Å². The smallest absolute Gasteiger partial charge is 0.193 e. The number of likely N-dealkylation sites (tertiary alicyclic amines) is 1. The molecule has 2 saturated heterocycles. The fourth-order valence-corrected chi connectivity index (χ4v) is 3.83. The zero-order valence-electron chi connectivity index (χ0n) is 15.5. The number of aliphatic imine (C=N–C) groups is 1. The molecule has 5 heteroatoms. The van der Waals surface area contributed by atoms with Crippen molar-refractivity contribution in [2.24, 2.45) is 15.8 Å². The summed E-state index contributed by atoms with van der Waals surface area (Å²) < 4.78 is 5.56. The second-order valence-corrected chi connectivity index (χ2v) is 7.87. The number of halogens is 1. The van der Waals surface area contributed by atoms with E-state index in [0.717, 1.165) is 51.8 Å². The number of piperidine rings is 1. The van der Waals surface area contributed by atoms with Crippen LogP contribution < -0.4 is 5.32 Å². The minimum atomic E-state index is 0. The van der Waals surface area contributed by atoms with Crippen molar-refractivity contribution in [3.63, 3.8) is 0 Å². The normalized spacial score (nSPS) is 31.8. The number of nitrogens with one attached hydrogen (secondary N) is 1. The fraction of sp³-hybridized carbons (Fsp3) is 0.944. The summed E-state index contributed by atoms with van der Waals surface area (Å²) in [5, 5.41) is 3.51. The van der Waals surface area contributed by atoms with Gasteiger partial charge in [-0.1, -0.05) is 27.2 Å². The molecule has 0 amide bonds. The number of nitrogens with zero attached hydrogens (tertiary/aromatic N) is 2. The molecule has 0 spiro atoms. The topological polar surface area (TPSA) is 36.9 Å². The van der Waals surface area contributed by atoms with Crippen LogP contribution in [0.2, 0.25) is 0 Å². The van der Waals surface area contributed by atoms with Gasteiger partial charge in [0.15, 0.2) is 5.96 Å². The van der Waals surface area contributed by atoms with Crippen LogP contribution in [-0.4, -0.2) is 50.3 Å². The van der Waals surface area contributed by atoms with Crippen LogP contribution in [0.1, 0.15) is 59.8 Å². The Morgan fingerprint density at radius 2 is 2.00 bits per heavy atom. The first-order chi connectivity index (χ1) is 10.5. The van der Waals surface area contributed by atoms with Crippen molar-refractivity contribution in [1.29, 1.82) is 0 Å². The van der Waals surface area contributed by atoms with E-state index in [-0.39, 0.29) is 29.4 Å². The molecular weight excluding hydrogens is 401 g/mol. The first kappa shape index (κ1) is 21.0. The van der Waals surface area contributed by atoms with E-state index in [9.17, 15) is 0 Å². The average Bonchev–Trinajstić information content (AvgIpc) is 2.90. The molecule has 1 N–H and O–H groups in total. The number of guanidine groups is 1. The molecule has 23 heavy (non-hydrogen) atoms. The van der Waals surface area contributed by atoms with Gasteiger partial charge in [0, 0.05) is 31.7 Å². The Bertz CT molecular complexity index is 378. The zero-order chi connectivity index (χ0) is 16.1. The van der Waals surface area contributed by atoms with Gasteiger partial charge in [-0.15, -0.1) is 24.0 Å². The highest BCUT2D eigenvalue weighted by Crippen LogP contribution is 2.34. The Morgan fingerprint density at radius 3 is 2.61 bits per heavy atom. The van der Waals surface area contributed by atoms with Crippen LogP contribution in [0.4, 0.5) is 0 Å².